The average molecular weight is 322 g/mol. The summed E-state index contributed by atoms with van der Waals surface area (Å²) in [6, 6.07) is 12.1. The van der Waals surface area contributed by atoms with Crippen molar-refractivity contribution in [1.82, 2.24) is 14.9 Å². The van der Waals surface area contributed by atoms with Gasteiger partial charge in [-0.05, 0) is 25.3 Å². The minimum absolute atomic E-state index is 0.0461. The Kier molecular flexibility index (Phi) is 4.17. The van der Waals surface area contributed by atoms with Crippen LogP contribution in [0.25, 0.3) is 0 Å². The predicted octanol–water partition coefficient (Wildman–Crippen LogP) is 1.78. The number of amides is 1. The number of nitrogens with one attached hydrogen (secondary N) is 1. The summed E-state index contributed by atoms with van der Waals surface area (Å²) in [5.74, 6) is 0.145. The van der Waals surface area contributed by atoms with Crippen LogP contribution in [0.2, 0.25) is 0 Å². The van der Waals surface area contributed by atoms with E-state index in [1.54, 1.807) is 11.8 Å². The Morgan fingerprint density at radius 1 is 1.29 bits per heavy atom. The highest BCUT2D eigenvalue weighted by molar-refractivity contribution is 5.93. The zero-order valence-corrected chi connectivity index (χ0v) is 13.5. The molecule has 0 radical (unpaired) electrons. The van der Waals surface area contributed by atoms with Gasteiger partial charge in [-0.1, -0.05) is 30.3 Å². The topological polar surface area (TPSA) is 89.8 Å². The van der Waals surface area contributed by atoms with Gasteiger partial charge < -0.3 is 9.88 Å². The van der Waals surface area contributed by atoms with Crippen molar-refractivity contribution in [3.8, 4) is 6.07 Å². The maximum absolute atomic E-state index is 12.6. The first-order valence-corrected chi connectivity index (χ1v) is 7.88. The molecule has 6 heteroatoms. The van der Waals surface area contributed by atoms with Crippen molar-refractivity contribution in [3.05, 3.63) is 63.8 Å². The van der Waals surface area contributed by atoms with Gasteiger partial charge in [-0.3, -0.25) is 9.59 Å². The van der Waals surface area contributed by atoms with Gasteiger partial charge in [0, 0.05) is 19.3 Å². The second kappa shape index (κ2) is 6.28. The van der Waals surface area contributed by atoms with Crippen molar-refractivity contribution < 1.29 is 4.79 Å². The Morgan fingerprint density at radius 3 is 2.54 bits per heavy atom. The summed E-state index contributed by atoms with van der Waals surface area (Å²) >= 11 is 0. The van der Waals surface area contributed by atoms with E-state index in [4.69, 9.17) is 0 Å². The molecule has 1 amide bonds. The van der Waals surface area contributed by atoms with Crippen LogP contribution in [0.1, 0.15) is 34.6 Å². The summed E-state index contributed by atoms with van der Waals surface area (Å²) in [7, 11) is 0. The van der Waals surface area contributed by atoms with E-state index in [-0.39, 0.29) is 11.5 Å². The molecule has 24 heavy (non-hydrogen) atoms. The number of nitrogens with zero attached hydrogens (tertiary/aromatic N) is 3. The third-order valence-electron chi connectivity index (χ3n) is 4.60. The van der Waals surface area contributed by atoms with Crippen molar-refractivity contribution in [2.45, 2.75) is 25.2 Å². The van der Waals surface area contributed by atoms with Crippen molar-refractivity contribution >= 4 is 5.91 Å². The average Bonchev–Trinajstić information content (AvgIpc) is 2.62. The molecule has 6 nitrogen and oxygen atoms in total. The smallest absolute Gasteiger partial charge is 0.263 e. The van der Waals surface area contributed by atoms with Crippen LogP contribution in [0.4, 0.5) is 0 Å². The van der Waals surface area contributed by atoms with Crippen LogP contribution in [0.5, 0.6) is 0 Å². The lowest BCUT2D eigenvalue weighted by molar-refractivity contribution is 0.0689. The number of H-pyrrole nitrogens is 1. The number of carbonyl (C=O) groups excluding carboxylic acids is 1. The quantitative estimate of drug-likeness (QED) is 0.912. The van der Waals surface area contributed by atoms with Gasteiger partial charge in [0.05, 0.1) is 11.5 Å². The lowest BCUT2D eigenvalue weighted by Gasteiger charge is -2.37. The number of rotatable bonds is 2. The molecule has 3 rings (SSSR count). The zero-order chi connectivity index (χ0) is 17.2. The maximum atomic E-state index is 12.6. The fourth-order valence-corrected chi connectivity index (χ4v) is 3.12. The van der Waals surface area contributed by atoms with Crippen LogP contribution in [-0.2, 0) is 5.41 Å². The van der Waals surface area contributed by atoms with E-state index in [1.807, 2.05) is 30.3 Å². The number of likely N-dealkylation sites (tertiary alicyclic amines) is 1. The normalized spacial score (nSPS) is 16.4. The van der Waals surface area contributed by atoms with E-state index in [1.165, 1.54) is 6.20 Å². The first-order chi connectivity index (χ1) is 11.6. The molecule has 2 aromatic rings. The lowest BCUT2D eigenvalue weighted by atomic mass is 9.74. The molecule has 0 bridgehead atoms. The number of benzene rings is 1. The molecule has 0 aliphatic carbocycles. The van der Waals surface area contributed by atoms with E-state index in [0.29, 0.717) is 31.8 Å². The van der Waals surface area contributed by atoms with Gasteiger partial charge in [-0.25, -0.2) is 4.98 Å². The summed E-state index contributed by atoms with van der Waals surface area (Å²) in [6.45, 7) is 2.54. The summed E-state index contributed by atoms with van der Waals surface area (Å²) in [4.78, 5) is 32.6. The summed E-state index contributed by atoms with van der Waals surface area (Å²) in [6.07, 6.45) is 2.42. The van der Waals surface area contributed by atoms with Gasteiger partial charge in [0.15, 0.2) is 0 Å². The van der Waals surface area contributed by atoms with E-state index in [9.17, 15) is 14.9 Å². The van der Waals surface area contributed by atoms with Gasteiger partial charge in [0.1, 0.15) is 11.4 Å². The van der Waals surface area contributed by atoms with Gasteiger partial charge >= 0.3 is 0 Å². The molecule has 0 saturated carbocycles. The number of hydrogen-bond donors (Lipinski definition) is 1. The van der Waals surface area contributed by atoms with Gasteiger partial charge in [-0.2, -0.15) is 5.26 Å². The van der Waals surface area contributed by atoms with Crippen LogP contribution in [0.3, 0.4) is 0 Å². The summed E-state index contributed by atoms with van der Waals surface area (Å²) in [5, 5.41) is 9.69. The van der Waals surface area contributed by atoms with Crippen LogP contribution in [-0.4, -0.2) is 33.9 Å². The Bertz CT molecular complexity index is 843. The minimum atomic E-state index is -0.573. The van der Waals surface area contributed by atoms with Gasteiger partial charge in [0.2, 0.25) is 0 Å². The molecule has 2 heterocycles. The molecule has 1 aromatic heterocycles. The Hall–Kier alpha value is -2.94. The standard InChI is InChI=1S/C18H18N4O2/c1-13-20-11-15(16(23)21-13)17(24)22-9-7-18(12-19,8-10-22)14-5-3-2-4-6-14/h2-6,11H,7-10H2,1H3,(H,20,21,23). The highest BCUT2D eigenvalue weighted by atomic mass is 16.2. The second-order valence-corrected chi connectivity index (χ2v) is 6.06. The molecular formula is C18H18N4O2. The number of aromatic amines is 1. The molecule has 1 aliphatic rings. The molecule has 1 N–H and O–H groups in total. The first kappa shape index (κ1) is 15.9. The molecule has 1 fully saturated rings. The largest absolute Gasteiger partial charge is 0.338 e. The zero-order valence-electron chi connectivity index (χ0n) is 13.5. The Labute approximate surface area is 139 Å². The molecular weight excluding hydrogens is 304 g/mol. The molecule has 1 aromatic carbocycles. The monoisotopic (exact) mass is 322 g/mol. The Balaban J connectivity index is 1.78. The van der Waals surface area contributed by atoms with Crippen LogP contribution in [0.15, 0.2) is 41.3 Å². The minimum Gasteiger partial charge on any atom is -0.338 e. The third kappa shape index (κ3) is 2.81. The first-order valence-electron chi connectivity index (χ1n) is 7.88. The predicted molar refractivity (Wildman–Crippen MR) is 88.5 cm³/mol. The fourth-order valence-electron chi connectivity index (χ4n) is 3.12. The highest BCUT2D eigenvalue weighted by Crippen LogP contribution is 2.35. The van der Waals surface area contributed by atoms with Crippen molar-refractivity contribution in [2.75, 3.05) is 13.1 Å². The third-order valence-corrected chi connectivity index (χ3v) is 4.60. The molecule has 122 valence electrons. The molecule has 0 unspecified atom stereocenters. The fraction of sp³-hybridized carbons (Fsp3) is 0.333. The lowest BCUT2D eigenvalue weighted by Crippen LogP contribution is -2.45. The van der Waals surface area contributed by atoms with Crippen molar-refractivity contribution in [3.63, 3.8) is 0 Å². The van der Waals surface area contributed by atoms with Crippen LogP contribution >= 0.6 is 0 Å². The number of hydrogen-bond acceptors (Lipinski definition) is 4. The Morgan fingerprint density at radius 2 is 1.96 bits per heavy atom. The second-order valence-electron chi connectivity index (χ2n) is 6.06. The number of nitriles is 1. The summed E-state index contributed by atoms with van der Waals surface area (Å²) in [5.41, 5.74) is 0.0302. The summed E-state index contributed by atoms with van der Waals surface area (Å²) < 4.78 is 0. The number of piperidine rings is 1. The van der Waals surface area contributed by atoms with Gasteiger partial charge in [-0.15, -0.1) is 0 Å². The van der Waals surface area contributed by atoms with Crippen LogP contribution < -0.4 is 5.56 Å². The highest BCUT2D eigenvalue weighted by Gasteiger charge is 2.38. The number of aromatic nitrogens is 2. The van der Waals surface area contributed by atoms with E-state index >= 15 is 0 Å². The van der Waals surface area contributed by atoms with Crippen molar-refractivity contribution in [2.24, 2.45) is 0 Å². The molecule has 0 atom stereocenters. The van der Waals surface area contributed by atoms with Crippen LogP contribution in [0, 0.1) is 18.3 Å². The van der Waals surface area contributed by atoms with Crippen molar-refractivity contribution in [1.29, 1.82) is 5.26 Å². The molecule has 1 saturated heterocycles. The number of aryl methyl sites for hydroxylation is 1. The number of carbonyl (C=O) groups is 1. The molecule has 0 spiro atoms. The van der Waals surface area contributed by atoms with E-state index < -0.39 is 11.0 Å². The SMILES string of the molecule is Cc1ncc(C(=O)N2CCC(C#N)(c3ccccc3)CC2)c(=O)[nH]1. The maximum Gasteiger partial charge on any atom is 0.263 e. The van der Waals surface area contributed by atoms with E-state index in [2.05, 4.69) is 16.0 Å². The molecule has 1 aliphatic heterocycles. The van der Waals surface area contributed by atoms with E-state index in [0.717, 1.165) is 5.56 Å². The van der Waals surface area contributed by atoms with Gasteiger partial charge in [0.25, 0.3) is 11.5 Å².